The van der Waals surface area contributed by atoms with Gasteiger partial charge in [0.15, 0.2) is 0 Å². The quantitative estimate of drug-likeness (QED) is 0.539. The molecular weight excluding hydrogens is 444 g/mol. The molecule has 7 nitrogen and oxygen atoms in total. The van der Waals surface area contributed by atoms with Crippen molar-refractivity contribution in [1.82, 2.24) is 4.90 Å². The molecule has 1 saturated heterocycles. The third-order valence-corrected chi connectivity index (χ3v) is 7.07. The Morgan fingerprint density at radius 2 is 1.57 bits per heavy atom. The van der Waals surface area contributed by atoms with E-state index in [1.54, 1.807) is 31.2 Å². The van der Waals surface area contributed by atoms with Crippen LogP contribution in [-0.2, 0) is 9.53 Å². The van der Waals surface area contributed by atoms with Crippen molar-refractivity contribution < 1.29 is 24.2 Å². The summed E-state index contributed by atoms with van der Waals surface area (Å²) >= 11 is 0. The van der Waals surface area contributed by atoms with Crippen LogP contribution < -0.4 is 5.32 Å². The third-order valence-electron chi connectivity index (χ3n) is 7.07. The molecule has 1 aliphatic carbocycles. The smallest absolute Gasteiger partial charge is 0.411 e. The van der Waals surface area contributed by atoms with Gasteiger partial charge in [0, 0.05) is 23.7 Å². The number of amides is 2. The fourth-order valence-electron chi connectivity index (χ4n) is 5.12. The molecule has 1 heterocycles. The highest BCUT2D eigenvalue weighted by atomic mass is 16.5. The lowest BCUT2D eigenvalue weighted by Gasteiger charge is -2.31. The molecule has 178 valence electrons. The van der Waals surface area contributed by atoms with E-state index >= 15 is 0 Å². The molecule has 1 aliphatic heterocycles. The minimum absolute atomic E-state index is 0.0304. The normalized spacial score (nSPS) is 18.6. The van der Waals surface area contributed by atoms with Crippen LogP contribution in [0.4, 0.5) is 10.5 Å². The number of carbonyl (C=O) groups excluding carboxylic acids is 2. The fourth-order valence-corrected chi connectivity index (χ4v) is 5.12. The van der Waals surface area contributed by atoms with Gasteiger partial charge in [0.25, 0.3) is 5.91 Å². The number of hydrogen-bond acceptors (Lipinski definition) is 4. The van der Waals surface area contributed by atoms with Crippen molar-refractivity contribution in [3.63, 3.8) is 0 Å². The Kier molecular flexibility index (Phi) is 5.76. The van der Waals surface area contributed by atoms with Crippen molar-refractivity contribution in [2.24, 2.45) is 0 Å². The van der Waals surface area contributed by atoms with Crippen LogP contribution >= 0.6 is 0 Å². The standard InChI is InChI=1S/C28H26N2O5/c1-28(26(32)33)15-6-16-30(28)25(31)18-11-13-19(14-12-18)29-27(34)35-17-24-22-9-4-2-7-20(22)21-8-3-5-10-23(21)24/h2-5,7-14,24H,6,15-17H2,1H3,(H,29,34)(H,32,33). The van der Waals surface area contributed by atoms with Gasteiger partial charge in [-0.05, 0) is 66.3 Å². The van der Waals surface area contributed by atoms with Crippen LogP contribution in [-0.4, -0.2) is 46.7 Å². The number of hydrogen-bond donors (Lipinski definition) is 2. The molecule has 0 radical (unpaired) electrons. The predicted octanol–water partition coefficient (Wildman–Crippen LogP) is 5.13. The van der Waals surface area contributed by atoms with E-state index in [0.717, 1.165) is 22.3 Å². The molecule has 2 aliphatic rings. The summed E-state index contributed by atoms with van der Waals surface area (Å²) in [5.41, 5.74) is 4.26. The van der Waals surface area contributed by atoms with Crippen LogP contribution in [0.2, 0.25) is 0 Å². The Bertz CT molecular complexity index is 1260. The maximum absolute atomic E-state index is 12.9. The SMILES string of the molecule is CC1(C(=O)O)CCCN1C(=O)c1ccc(NC(=O)OCC2c3ccccc3-c3ccccc32)cc1. The highest BCUT2D eigenvalue weighted by Gasteiger charge is 2.46. The monoisotopic (exact) mass is 470 g/mol. The largest absolute Gasteiger partial charge is 0.480 e. The molecule has 2 amide bonds. The van der Waals surface area contributed by atoms with Gasteiger partial charge in [0.1, 0.15) is 12.1 Å². The van der Waals surface area contributed by atoms with Crippen LogP contribution in [0, 0.1) is 0 Å². The summed E-state index contributed by atoms with van der Waals surface area (Å²) in [6, 6.07) is 22.7. The number of carboxylic acid groups (broad SMARTS) is 1. The molecular formula is C28H26N2O5. The lowest BCUT2D eigenvalue weighted by Crippen LogP contribution is -2.50. The molecule has 2 N–H and O–H groups in total. The van der Waals surface area contributed by atoms with Gasteiger partial charge in [0.05, 0.1) is 0 Å². The molecule has 35 heavy (non-hydrogen) atoms. The molecule has 3 aromatic rings. The number of carbonyl (C=O) groups is 3. The van der Waals surface area contributed by atoms with Gasteiger partial charge >= 0.3 is 12.1 Å². The molecule has 1 fully saturated rings. The molecule has 1 atom stereocenters. The molecule has 5 rings (SSSR count). The van der Waals surface area contributed by atoms with Crippen LogP contribution in [0.1, 0.15) is 47.2 Å². The second kappa shape index (κ2) is 8.91. The van der Waals surface area contributed by atoms with Gasteiger partial charge in [-0.3, -0.25) is 10.1 Å². The molecule has 0 bridgehead atoms. The van der Waals surface area contributed by atoms with Crippen molar-refractivity contribution in [2.45, 2.75) is 31.2 Å². The summed E-state index contributed by atoms with van der Waals surface area (Å²) in [7, 11) is 0. The van der Waals surface area contributed by atoms with Gasteiger partial charge in [0.2, 0.25) is 0 Å². The minimum Gasteiger partial charge on any atom is -0.480 e. The fraction of sp³-hybridized carbons (Fsp3) is 0.250. The van der Waals surface area contributed by atoms with Crippen molar-refractivity contribution in [3.8, 4) is 11.1 Å². The highest BCUT2D eigenvalue weighted by Crippen LogP contribution is 2.44. The number of fused-ring (bicyclic) bond motifs is 3. The first-order valence-electron chi connectivity index (χ1n) is 11.7. The first-order valence-corrected chi connectivity index (χ1v) is 11.7. The van der Waals surface area contributed by atoms with E-state index in [4.69, 9.17) is 4.74 Å². The summed E-state index contributed by atoms with van der Waals surface area (Å²) in [4.78, 5) is 38.5. The van der Waals surface area contributed by atoms with E-state index in [1.165, 1.54) is 4.90 Å². The number of aliphatic carboxylic acids is 1. The number of likely N-dealkylation sites (tertiary alicyclic amines) is 1. The number of nitrogens with zero attached hydrogens (tertiary/aromatic N) is 1. The topological polar surface area (TPSA) is 95.9 Å². The number of benzene rings is 3. The lowest BCUT2D eigenvalue weighted by atomic mass is 9.98. The van der Waals surface area contributed by atoms with E-state index < -0.39 is 17.6 Å². The van der Waals surface area contributed by atoms with Crippen molar-refractivity contribution in [3.05, 3.63) is 89.5 Å². The Hall–Kier alpha value is -4.13. The van der Waals surface area contributed by atoms with Crippen molar-refractivity contribution in [2.75, 3.05) is 18.5 Å². The summed E-state index contributed by atoms with van der Waals surface area (Å²) in [5.74, 6) is -1.37. The number of anilines is 1. The second-order valence-electron chi connectivity index (χ2n) is 9.17. The van der Waals surface area contributed by atoms with E-state index in [-0.39, 0.29) is 18.4 Å². The van der Waals surface area contributed by atoms with E-state index in [0.29, 0.717) is 30.6 Å². The van der Waals surface area contributed by atoms with E-state index in [2.05, 4.69) is 29.6 Å². The highest BCUT2D eigenvalue weighted by molar-refractivity contribution is 5.98. The zero-order valence-electron chi connectivity index (χ0n) is 19.4. The number of ether oxygens (including phenoxy) is 1. The van der Waals surface area contributed by atoms with Gasteiger partial charge in [-0.25, -0.2) is 9.59 Å². The maximum atomic E-state index is 12.9. The number of rotatable bonds is 5. The van der Waals surface area contributed by atoms with Crippen LogP contribution in [0.5, 0.6) is 0 Å². The minimum atomic E-state index is -1.20. The summed E-state index contributed by atoms with van der Waals surface area (Å²) < 4.78 is 5.57. The number of carboxylic acids is 1. The third kappa shape index (κ3) is 4.03. The van der Waals surface area contributed by atoms with E-state index in [9.17, 15) is 19.5 Å². The van der Waals surface area contributed by atoms with Gasteiger partial charge in [-0.1, -0.05) is 48.5 Å². The molecule has 1 unspecified atom stereocenters. The Labute approximate surface area is 203 Å². The summed E-state index contributed by atoms with van der Waals surface area (Å²) in [5, 5.41) is 12.3. The lowest BCUT2D eigenvalue weighted by molar-refractivity contribution is -0.147. The van der Waals surface area contributed by atoms with E-state index in [1.807, 2.05) is 24.3 Å². The summed E-state index contributed by atoms with van der Waals surface area (Å²) in [6.07, 6.45) is 0.495. The first kappa shape index (κ1) is 22.7. The van der Waals surface area contributed by atoms with Crippen LogP contribution in [0.3, 0.4) is 0 Å². The van der Waals surface area contributed by atoms with Crippen molar-refractivity contribution >= 4 is 23.7 Å². The second-order valence-corrected chi connectivity index (χ2v) is 9.17. The predicted molar refractivity (Wildman–Crippen MR) is 131 cm³/mol. The van der Waals surface area contributed by atoms with Crippen LogP contribution in [0.15, 0.2) is 72.8 Å². The van der Waals surface area contributed by atoms with Crippen molar-refractivity contribution in [1.29, 1.82) is 0 Å². The first-order chi connectivity index (χ1) is 16.9. The molecule has 3 aromatic carbocycles. The molecule has 0 saturated carbocycles. The molecule has 7 heteroatoms. The summed E-state index contributed by atoms with van der Waals surface area (Å²) in [6.45, 7) is 2.19. The Balaban J connectivity index is 1.22. The van der Waals surface area contributed by atoms with Crippen LogP contribution in [0.25, 0.3) is 11.1 Å². The Morgan fingerprint density at radius 1 is 0.971 bits per heavy atom. The zero-order chi connectivity index (χ0) is 24.6. The maximum Gasteiger partial charge on any atom is 0.411 e. The average Bonchev–Trinajstić information content (AvgIpc) is 3.42. The average molecular weight is 471 g/mol. The Morgan fingerprint density at radius 3 is 2.17 bits per heavy atom. The zero-order valence-corrected chi connectivity index (χ0v) is 19.4. The number of nitrogens with one attached hydrogen (secondary N) is 1. The molecule has 0 spiro atoms. The van der Waals surface area contributed by atoms with Gasteiger partial charge in [-0.2, -0.15) is 0 Å². The molecule has 0 aromatic heterocycles. The van der Waals surface area contributed by atoms with Gasteiger partial charge in [-0.15, -0.1) is 0 Å². The van der Waals surface area contributed by atoms with Gasteiger partial charge < -0.3 is 14.7 Å².